The van der Waals surface area contributed by atoms with Crippen molar-refractivity contribution >= 4 is 38.9 Å². The second kappa shape index (κ2) is 6.81. The normalized spacial score (nSPS) is 9.94. The molecule has 88 valence electrons. The van der Waals surface area contributed by atoms with Crippen molar-refractivity contribution in [2.45, 2.75) is 19.8 Å². The summed E-state index contributed by atoms with van der Waals surface area (Å²) in [6.07, 6.45) is 2.14. The van der Waals surface area contributed by atoms with E-state index in [1.165, 1.54) is 6.07 Å². The van der Waals surface area contributed by atoms with E-state index in [2.05, 4.69) is 33.5 Å². The first-order valence-corrected chi connectivity index (χ1v) is 6.33. The van der Waals surface area contributed by atoms with Crippen molar-refractivity contribution in [1.29, 1.82) is 0 Å². The number of halogens is 2. The highest BCUT2D eigenvalue weighted by Crippen LogP contribution is 2.19. The summed E-state index contributed by atoms with van der Waals surface area (Å²) in [6.45, 7) is 2.91. The van der Waals surface area contributed by atoms with Gasteiger partial charge in [0.1, 0.15) is 5.82 Å². The van der Waals surface area contributed by atoms with Gasteiger partial charge in [-0.15, -0.1) is 0 Å². The van der Waals surface area contributed by atoms with Crippen molar-refractivity contribution in [1.82, 2.24) is 5.32 Å². The third-order valence-corrected chi connectivity index (χ3v) is 2.73. The molecule has 0 aliphatic carbocycles. The second-order valence-corrected chi connectivity index (χ2v) is 4.68. The van der Waals surface area contributed by atoms with Gasteiger partial charge in [-0.05, 0) is 36.8 Å². The Bertz CT molecular complexity index is 371. The van der Waals surface area contributed by atoms with Crippen LogP contribution in [0.15, 0.2) is 22.7 Å². The fraction of sp³-hybridized carbons (Fsp3) is 0.364. The van der Waals surface area contributed by atoms with Crippen molar-refractivity contribution < 1.29 is 4.39 Å². The van der Waals surface area contributed by atoms with Crippen LogP contribution in [0.3, 0.4) is 0 Å². The Morgan fingerprint density at radius 1 is 1.50 bits per heavy atom. The maximum atomic E-state index is 13.3. The van der Waals surface area contributed by atoms with Crippen molar-refractivity contribution in [2.75, 3.05) is 11.9 Å². The highest BCUT2D eigenvalue weighted by molar-refractivity contribution is 9.10. The van der Waals surface area contributed by atoms with Crippen molar-refractivity contribution in [3.8, 4) is 0 Å². The molecule has 5 heteroatoms. The van der Waals surface area contributed by atoms with E-state index in [0.717, 1.165) is 23.9 Å². The molecule has 0 fully saturated rings. The summed E-state index contributed by atoms with van der Waals surface area (Å²) in [4.78, 5) is 0. The molecule has 0 spiro atoms. The first-order valence-electron chi connectivity index (χ1n) is 5.13. The van der Waals surface area contributed by atoms with Crippen molar-refractivity contribution in [3.05, 3.63) is 28.5 Å². The Kier molecular flexibility index (Phi) is 5.69. The molecule has 0 bridgehead atoms. The monoisotopic (exact) mass is 304 g/mol. The Labute approximate surface area is 109 Å². The van der Waals surface area contributed by atoms with Crippen LogP contribution in [-0.2, 0) is 0 Å². The number of thiocarbonyl (C=S) groups is 1. The van der Waals surface area contributed by atoms with Gasteiger partial charge in [-0.25, -0.2) is 4.39 Å². The van der Waals surface area contributed by atoms with Gasteiger partial charge in [0.05, 0.1) is 5.69 Å². The summed E-state index contributed by atoms with van der Waals surface area (Å²) in [7, 11) is 0. The summed E-state index contributed by atoms with van der Waals surface area (Å²) >= 11 is 8.33. The topological polar surface area (TPSA) is 24.1 Å². The third kappa shape index (κ3) is 4.45. The van der Waals surface area contributed by atoms with E-state index in [1.54, 1.807) is 12.1 Å². The van der Waals surface area contributed by atoms with E-state index in [4.69, 9.17) is 12.2 Å². The molecule has 0 saturated heterocycles. The van der Waals surface area contributed by atoms with Crippen LogP contribution in [0.25, 0.3) is 0 Å². The zero-order chi connectivity index (χ0) is 12.0. The van der Waals surface area contributed by atoms with Crippen LogP contribution < -0.4 is 10.6 Å². The van der Waals surface area contributed by atoms with E-state index >= 15 is 0 Å². The third-order valence-electron chi connectivity index (χ3n) is 1.99. The Hall–Kier alpha value is -0.680. The number of anilines is 1. The van der Waals surface area contributed by atoms with Crippen LogP contribution in [-0.4, -0.2) is 11.7 Å². The number of unbranched alkanes of at least 4 members (excludes halogenated alkanes) is 1. The minimum absolute atomic E-state index is 0.317. The first-order chi connectivity index (χ1) is 7.63. The number of hydrogen-bond donors (Lipinski definition) is 2. The molecule has 2 nitrogen and oxygen atoms in total. The highest BCUT2D eigenvalue weighted by Gasteiger charge is 2.04. The maximum Gasteiger partial charge on any atom is 0.170 e. The van der Waals surface area contributed by atoms with Gasteiger partial charge in [0.2, 0.25) is 0 Å². The van der Waals surface area contributed by atoms with Crippen LogP contribution in [0.1, 0.15) is 19.8 Å². The van der Waals surface area contributed by atoms with Gasteiger partial charge in [-0.1, -0.05) is 29.3 Å². The summed E-state index contributed by atoms with van der Waals surface area (Å²) in [5, 5.41) is 6.29. The highest BCUT2D eigenvalue weighted by atomic mass is 79.9. The van der Waals surface area contributed by atoms with E-state index < -0.39 is 0 Å². The van der Waals surface area contributed by atoms with Gasteiger partial charge in [0.15, 0.2) is 5.11 Å². The van der Waals surface area contributed by atoms with Gasteiger partial charge in [0.25, 0.3) is 0 Å². The molecule has 16 heavy (non-hydrogen) atoms. The summed E-state index contributed by atoms with van der Waals surface area (Å²) < 4.78 is 14.2. The zero-order valence-electron chi connectivity index (χ0n) is 9.02. The lowest BCUT2D eigenvalue weighted by molar-refractivity contribution is 0.631. The molecule has 0 aliphatic heterocycles. The van der Waals surface area contributed by atoms with Gasteiger partial charge in [0, 0.05) is 11.0 Å². The van der Waals surface area contributed by atoms with E-state index in [0.29, 0.717) is 10.8 Å². The second-order valence-electron chi connectivity index (χ2n) is 3.36. The smallest absolute Gasteiger partial charge is 0.170 e. The standard InChI is InChI=1S/C11H14BrFN2S/c1-2-3-6-14-11(16)15-10-7-8(12)4-5-9(10)13/h4-5,7H,2-3,6H2,1H3,(H2,14,15,16). The zero-order valence-corrected chi connectivity index (χ0v) is 11.4. The summed E-state index contributed by atoms with van der Waals surface area (Å²) in [5.74, 6) is -0.317. The minimum atomic E-state index is -0.317. The maximum absolute atomic E-state index is 13.3. The van der Waals surface area contributed by atoms with Crippen LogP contribution in [0.2, 0.25) is 0 Å². The van der Waals surface area contributed by atoms with Gasteiger partial charge in [-0.3, -0.25) is 0 Å². The molecule has 0 aromatic heterocycles. The molecule has 2 N–H and O–H groups in total. The van der Waals surface area contributed by atoms with E-state index in [9.17, 15) is 4.39 Å². The molecular weight excluding hydrogens is 291 g/mol. The van der Waals surface area contributed by atoms with Gasteiger partial charge < -0.3 is 10.6 Å². The average molecular weight is 305 g/mol. The lowest BCUT2D eigenvalue weighted by atomic mass is 10.3. The summed E-state index contributed by atoms with van der Waals surface area (Å²) in [5.41, 5.74) is 0.378. The molecule has 0 saturated carbocycles. The molecule has 0 heterocycles. The molecule has 0 atom stereocenters. The number of hydrogen-bond acceptors (Lipinski definition) is 1. The molecular formula is C11H14BrFN2S. The lowest BCUT2D eigenvalue weighted by Gasteiger charge is -2.10. The average Bonchev–Trinajstić information content (AvgIpc) is 2.24. The van der Waals surface area contributed by atoms with Crippen molar-refractivity contribution in [2.24, 2.45) is 0 Å². The van der Waals surface area contributed by atoms with Crippen LogP contribution in [0.5, 0.6) is 0 Å². The molecule has 0 aliphatic rings. The molecule has 1 aromatic carbocycles. The lowest BCUT2D eigenvalue weighted by Crippen LogP contribution is -2.29. The quantitative estimate of drug-likeness (QED) is 0.655. The predicted octanol–water partition coefficient (Wildman–Crippen LogP) is 3.67. The Balaban J connectivity index is 2.52. The number of rotatable bonds is 4. The minimum Gasteiger partial charge on any atom is -0.362 e. The molecule has 1 rings (SSSR count). The molecule has 1 aromatic rings. The van der Waals surface area contributed by atoms with Gasteiger partial charge >= 0.3 is 0 Å². The largest absolute Gasteiger partial charge is 0.362 e. The summed E-state index contributed by atoms with van der Waals surface area (Å²) in [6, 6.07) is 4.69. The number of nitrogens with one attached hydrogen (secondary N) is 2. The molecule has 0 unspecified atom stereocenters. The van der Waals surface area contributed by atoms with Gasteiger partial charge in [-0.2, -0.15) is 0 Å². The van der Waals surface area contributed by atoms with Crippen molar-refractivity contribution in [3.63, 3.8) is 0 Å². The first kappa shape index (κ1) is 13.4. The van der Waals surface area contributed by atoms with E-state index in [1.807, 2.05) is 0 Å². The molecule has 0 radical (unpaired) electrons. The SMILES string of the molecule is CCCCNC(=S)Nc1cc(Br)ccc1F. The van der Waals surface area contributed by atoms with E-state index in [-0.39, 0.29) is 5.82 Å². The van der Waals surface area contributed by atoms with Crippen LogP contribution in [0.4, 0.5) is 10.1 Å². The molecule has 0 amide bonds. The fourth-order valence-corrected chi connectivity index (χ4v) is 1.71. The number of benzene rings is 1. The predicted molar refractivity (Wildman–Crippen MR) is 73.2 cm³/mol. The van der Waals surface area contributed by atoms with Crippen LogP contribution >= 0.6 is 28.1 Å². The fourth-order valence-electron chi connectivity index (χ4n) is 1.14. The van der Waals surface area contributed by atoms with Crippen LogP contribution in [0, 0.1) is 5.82 Å². The Morgan fingerprint density at radius 3 is 2.94 bits per heavy atom. The Morgan fingerprint density at radius 2 is 2.25 bits per heavy atom.